The van der Waals surface area contributed by atoms with E-state index in [4.69, 9.17) is 0 Å². The molecule has 3 heterocycles. The third-order valence-electron chi connectivity index (χ3n) is 4.57. The molecule has 0 radical (unpaired) electrons. The first-order valence-electron chi connectivity index (χ1n) is 8.18. The fourth-order valence-corrected chi connectivity index (χ4v) is 4.09. The molecule has 0 bridgehead atoms. The zero-order valence-corrected chi connectivity index (χ0v) is 14.5. The summed E-state index contributed by atoms with van der Waals surface area (Å²) in [6, 6.07) is 0.558. The summed E-state index contributed by atoms with van der Waals surface area (Å²) in [5, 5.41) is 4.61. The van der Waals surface area contributed by atoms with Crippen molar-refractivity contribution in [1.82, 2.24) is 20.1 Å². The Bertz CT molecular complexity index is 580. The van der Waals surface area contributed by atoms with Gasteiger partial charge in [0.05, 0.1) is 6.54 Å². The van der Waals surface area contributed by atoms with Gasteiger partial charge in [0, 0.05) is 31.6 Å². The molecule has 2 saturated heterocycles. The largest absolute Gasteiger partial charge is 0.434 e. The number of thiazole rings is 1. The molecule has 5 nitrogen and oxygen atoms in total. The van der Waals surface area contributed by atoms with Crippen molar-refractivity contribution in [1.29, 1.82) is 0 Å². The number of guanidine groups is 1. The van der Waals surface area contributed by atoms with Gasteiger partial charge in [-0.05, 0) is 32.4 Å². The average molecular weight is 361 g/mol. The summed E-state index contributed by atoms with van der Waals surface area (Å²) in [6.45, 7) is 4.45. The predicted molar refractivity (Wildman–Crippen MR) is 88.1 cm³/mol. The molecule has 0 saturated carbocycles. The lowest BCUT2D eigenvalue weighted by molar-refractivity contribution is -0.140. The lowest BCUT2D eigenvalue weighted by Crippen LogP contribution is -2.42. The van der Waals surface area contributed by atoms with E-state index in [1.54, 1.807) is 7.05 Å². The minimum atomic E-state index is -4.38. The van der Waals surface area contributed by atoms with Crippen LogP contribution in [0.2, 0.25) is 0 Å². The summed E-state index contributed by atoms with van der Waals surface area (Å²) < 4.78 is 37.8. The van der Waals surface area contributed by atoms with Crippen LogP contribution >= 0.6 is 11.3 Å². The molecule has 134 valence electrons. The standard InChI is InChI=1S/C15H22F3N5S/c1-19-14(20-8-13-21-12(10-24-13)15(16,17)18)23-7-4-11(9-23)22-5-2-3-6-22/h10-11H,2-9H2,1H3,(H,19,20). The van der Waals surface area contributed by atoms with Crippen LogP contribution in [0.25, 0.3) is 0 Å². The van der Waals surface area contributed by atoms with Crippen LogP contribution in [0, 0.1) is 0 Å². The predicted octanol–water partition coefficient (Wildman–Crippen LogP) is 2.41. The first kappa shape index (κ1) is 17.5. The van der Waals surface area contributed by atoms with Crippen LogP contribution in [0.4, 0.5) is 13.2 Å². The molecular formula is C15H22F3N5S. The Morgan fingerprint density at radius 2 is 2.12 bits per heavy atom. The van der Waals surface area contributed by atoms with Crippen LogP contribution in [0.5, 0.6) is 0 Å². The molecule has 3 rings (SSSR count). The number of aromatic nitrogens is 1. The zero-order valence-electron chi connectivity index (χ0n) is 13.6. The van der Waals surface area contributed by atoms with E-state index in [1.807, 2.05) is 0 Å². The summed E-state index contributed by atoms with van der Waals surface area (Å²) in [5.41, 5.74) is -0.824. The van der Waals surface area contributed by atoms with E-state index in [2.05, 4.69) is 25.1 Å². The minimum absolute atomic E-state index is 0.262. The molecule has 2 aliphatic rings. The van der Waals surface area contributed by atoms with Gasteiger partial charge >= 0.3 is 6.18 Å². The highest BCUT2D eigenvalue weighted by Gasteiger charge is 2.34. The number of hydrogen-bond acceptors (Lipinski definition) is 4. The molecule has 24 heavy (non-hydrogen) atoms. The van der Waals surface area contributed by atoms with Gasteiger partial charge in [-0.15, -0.1) is 11.3 Å². The number of rotatable bonds is 3. The normalized spacial score (nSPS) is 23.2. The summed E-state index contributed by atoms with van der Waals surface area (Å²) >= 11 is 1.02. The van der Waals surface area contributed by atoms with E-state index in [9.17, 15) is 13.2 Å². The van der Waals surface area contributed by atoms with Gasteiger partial charge < -0.3 is 10.2 Å². The summed E-state index contributed by atoms with van der Waals surface area (Å²) in [4.78, 5) is 12.6. The quantitative estimate of drug-likeness (QED) is 0.663. The molecular weight excluding hydrogens is 339 g/mol. The Morgan fingerprint density at radius 3 is 2.75 bits per heavy atom. The maximum atomic E-state index is 12.6. The molecule has 1 aromatic rings. The highest BCUT2D eigenvalue weighted by Crippen LogP contribution is 2.30. The van der Waals surface area contributed by atoms with E-state index < -0.39 is 11.9 Å². The smallest absolute Gasteiger partial charge is 0.350 e. The van der Waals surface area contributed by atoms with E-state index >= 15 is 0 Å². The van der Waals surface area contributed by atoms with Crippen LogP contribution in [-0.4, -0.2) is 60.0 Å². The summed E-state index contributed by atoms with van der Waals surface area (Å²) in [7, 11) is 1.70. The van der Waals surface area contributed by atoms with Crippen molar-refractivity contribution >= 4 is 17.3 Å². The summed E-state index contributed by atoms with van der Waals surface area (Å²) in [5.74, 6) is 0.737. The SMILES string of the molecule is CN=C(NCc1nc(C(F)(F)F)cs1)N1CCC(N2CCCC2)C1. The molecule has 2 fully saturated rings. The lowest BCUT2D eigenvalue weighted by atomic mass is 10.2. The van der Waals surface area contributed by atoms with Crippen molar-refractivity contribution < 1.29 is 13.2 Å². The Morgan fingerprint density at radius 1 is 1.38 bits per heavy atom. The maximum absolute atomic E-state index is 12.6. The van der Waals surface area contributed by atoms with Crippen molar-refractivity contribution in [3.63, 3.8) is 0 Å². The summed E-state index contributed by atoms with van der Waals surface area (Å²) in [6.07, 6.45) is -0.728. The molecule has 1 atom stereocenters. The Hall–Kier alpha value is -1.35. The third kappa shape index (κ3) is 4.00. The first-order valence-corrected chi connectivity index (χ1v) is 9.06. The van der Waals surface area contributed by atoms with Crippen LogP contribution in [-0.2, 0) is 12.7 Å². The van der Waals surface area contributed by atoms with Gasteiger partial charge in [0.15, 0.2) is 11.7 Å². The molecule has 1 N–H and O–H groups in total. The monoisotopic (exact) mass is 361 g/mol. The Labute approximate surface area is 143 Å². The van der Waals surface area contributed by atoms with Gasteiger partial charge in [0.1, 0.15) is 5.01 Å². The molecule has 1 unspecified atom stereocenters. The number of alkyl halides is 3. The van der Waals surface area contributed by atoms with Gasteiger partial charge in [0.2, 0.25) is 0 Å². The molecule has 9 heteroatoms. The van der Waals surface area contributed by atoms with Gasteiger partial charge in [-0.1, -0.05) is 0 Å². The minimum Gasteiger partial charge on any atom is -0.350 e. The second-order valence-corrected chi connectivity index (χ2v) is 7.10. The molecule has 0 aliphatic carbocycles. The average Bonchev–Trinajstić information content (AvgIpc) is 3.28. The van der Waals surface area contributed by atoms with Gasteiger partial charge in [-0.2, -0.15) is 13.2 Å². The van der Waals surface area contributed by atoms with Crippen molar-refractivity contribution in [3.8, 4) is 0 Å². The van der Waals surface area contributed by atoms with E-state index in [0.29, 0.717) is 11.0 Å². The number of likely N-dealkylation sites (tertiary alicyclic amines) is 2. The maximum Gasteiger partial charge on any atom is 0.434 e. The van der Waals surface area contributed by atoms with E-state index in [1.165, 1.54) is 25.9 Å². The van der Waals surface area contributed by atoms with Gasteiger partial charge in [-0.3, -0.25) is 9.89 Å². The van der Waals surface area contributed by atoms with Crippen molar-refractivity contribution in [2.75, 3.05) is 33.2 Å². The third-order valence-corrected chi connectivity index (χ3v) is 5.42. The van der Waals surface area contributed by atoms with Crippen LogP contribution in [0.15, 0.2) is 10.4 Å². The van der Waals surface area contributed by atoms with Crippen molar-refractivity contribution in [2.45, 2.75) is 38.0 Å². The van der Waals surface area contributed by atoms with Crippen LogP contribution < -0.4 is 5.32 Å². The van der Waals surface area contributed by atoms with E-state index in [-0.39, 0.29) is 6.54 Å². The number of hydrogen-bond donors (Lipinski definition) is 1. The number of nitrogens with zero attached hydrogens (tertiary/aromatic N) is 4. The number of aliphatic imine (C=N–C) groups is 1. The highest BCUT2D eigenvalue weighted by atomic mass is 32.1. The van der Waals surface area contributed by atoms with Crippen molar-refractivity contribution in [3.05, 3.63) is 16.1 Å². The Kier molecular flexibility index (Phi) is 5.29. The number of nitrogens with one attached hydrogen (secondary N) is 1. The highest BCUT2D eigenvalue weighted by molar-refractivity contribution is 7.09. The molecule has 0 aromatic carbocycles. The van der Waals surface area contributed by atoms with Crippen LogP contribution in [0.3, 0.4) is 0 Å². The number of halogens is 3. The second-order valence-electron chi connectivity index (χ2n) is 6.16. The lowest BCUT2D eigenvalue weighted by Gasteiger charge is -2.25. The zero-order chi connectivity index (χ0) is 17.2. The fraction of sp³-hybridized carbons (Fsp3) is 0.733. The van der Waals surface area contributed by atoms with E-state index in [0.717, 1.165) is 42.2 Å². The fourth-order valence-electron chi connectivity index (χ4n) is 3.35. The molecule has 0 amide bonds. The van der Waals surface area contributed by atoms with Gasteiger partial charge in [-0.25, -0.2) is 4.98 Å². The second kappa shape index (κ2) is 7.26. The molecule has 1 aromatic heterocycles. The Balaban J connectivity index is 1.53. The first-order chi connectivity index (χ1) is 11.5. The van der Waals surface area contributed by atoms with Gasteiger partial charge in [0.25, 0.3) is 0 Å². The van der Waals surface area contributed by atoms with Crippen LogP contribution in [0.1, 0.15) is 30.0 Å². The molecule has 0 spiro atoms. The molecule has 2 aliphatic heterocycles. The van der Waals surface area contributed by atoms with Crippen molar-refractivity contribution in [2.24, 2.45) is 4.99 Å². The topological polar surface area (TPSA) is 43.8 Å².